The molecule has 0 bridgehead atoms. The average Bonchev–Trinajstić information content (AvgIpc) is 2.97. The number of rotatable bonds is 4. The lowest BCUT2D eigenvalue weighted by Crippen LogP contribution is -2.04. The molecule has 21 heavy (non-hydrogen) atoms. The van der Waals surface area contributed by atoms with E-state index in [4.69, 9.17) is 0 Å². The Bertz CT molecular complexity index is 699. The number of nitrogens with zero attached hydrogens (tertiary/aromatic N) is 4. The van der Waals surface area contributed by atoms with Gasteiger partial charge in [0.1, 0.15) is 0 Å². The third-order valence-electron chi connectivity index (χ3n) is 3.46. The summed E-state index contributed by atoms with van der Waals surface area (Å²) in [5.41, 5.74) is 3.51. The van der Waals surface area contributed by atoms with Crippen molar-refractivity contribution in [1.29, 1.82) is 0 Å². The fourth-order valence-electron chi connectivity index (χ4n) is 2.18. The second-order valence-electron chi connectivity index (χ2n) is 5.41. The summed E-state index contributed by atoms with van der Waals surface area (Å²) >= 11 is 0. The lowest BCUT2D eigenvalue weighted by molar-refractivity contribution is 0.572. The Hall–Kier alpha value is -2.49. The Labute approximate surface area is 124 Å². The molecule has 4 nitrogen and oxygen atoms in total. The first-order valence-electron chi connectivity index (χ1n) is 7.14. The summed E-state index contributed by atoms with van der Waals surface area (Å²) in [5, 5.41) is 12.7. The third-order valence-corrected chi connectivity index (χ3v) is 3.46. The Morgan fingerprint density at radius 1 is 0.952 bits per heavy atom. The van der Waals surface area contributed by atoms with Gasteiger partial charge in [0, 0.05) is 5.56 Å². The van der Waals surface area contributed by atoms with Crippen LogP contribution in [-0.4, -0.2) is 20.2 Å². The summed E-state index contributed by atoms with van der Waals surface area (Å²) in [6.07, 6.45) is 0. The van der Waals surface area contributed by atoms with E-state index in [0.717, 1.165) is 5.56 Å². The number of benzene rings is 2. The summed E-state index contributed by atoms with van der Waals surface area (Å²) in [7, 11) is 0. The first kappa shape index (κ1) is 13.5. The quantitative estimate of drug-likeness (QED) is 0.733. The van der Waals surface area contributed by atoms with E-state index in [1.54, 1.807) is 4.80 Å². The molecule has 0 amide bonds. The first-order valence-corrected chi connectivity index (χ1v) is 7.14. The highest BCUT2D eigenvalue weighted by atomic mass is 15.6. The van der Waals surface area contributed by atoms with Crippen LogP contribution in [0.25, 0.3) is 11.4 Å². The normalized spacial score (nSPS) is 11.0. The zero-order valence-corrected chi connectivity index (χ0v) is 12.3. The van der Waals surface area contributed by atoms with E-state index < -0.39 is 0 Å². The van der Waals surface area contributed by atoms with Crippen LogP contribution in [0.3, 0.4) is 0 Å². The molecule has 0 fully saturated rings. The molecule has 3 aromatic rings. The van der Waals surface area contributed by atoms with Crippen molar-refractivity contribution < 1.29 is 0 Å². The summed E-state index contributed by atoms with van der Waals surface area (Å²) < 4.78 is 0. The van der Waals surface area contributed by atoms with Gasteiger partial charge in [0.25, 0.3) is 0 Å². The Morgan fingerprint density at radius 2 is 1.67 bits per heavy atom. The highest BCUT2D eigenvalue weighted by Crippen LogP contribution is 2.16. The van der Waals surface area contributed by atoms with Gasteiger partial charge in [-0.1, -0.05) is 68.4 Å². The van der Waals surface area contributed by atoms with Crippen LogP contribution in [0.5, 0.6) is 0 Å². The van der Waals surface area contributed by atoms with Gasteiger partial charge in [-0.25, -0.2) is 0 Å². The second kappa shape index (κ2) is 5.87. The Kier molecular flexibility index (Phi) is 3.77. The molecule has 0 saturated heterocycles. The molecule has 0 aliphatic rings. The van der Waals surface area contributed by atoms with Crippen molar-refractivity contribution in [3.05, 3.63) is 65.7 Å². The fourth-order valence-corrected chi connectivity index (χ4v) is 2.18. The van der Waals surface area contributed by atoms with Gasteiger partial charge in [-0.2, -0.15) is 4.80 Å². The van der Waals surface area contributed by atoms with Crippen molar-refractivity contribution in [3.63, 3.8) is 0 Å². The maximum absolute atomic E-state index is 4.43. The molecule has 3 rings (SSSR count). The minimum Gasteiger partial charge on any atom is -0.159 e. The molecule has 4 heteroatoms. The summed E-state index contributed by atoms with van der Waals surface area (Å²) in [6, 6.07) is 18.5. The number of aromatic nitrogens is 4. The van der Waals surface area contributed by atoms with E-state index in [2.05, 4.69) is 53.5 Å². The van der Waals surface area contributed by atoms with Crippen molar-refractivity contribution in [2.45, 2.75) is 26.3 Å². The lowest BCUT2D eigenvalue weighted by Gasteiger charge is -2.06. The standard InChI is InChI=1S/C17H18N4/c1-13(2)15-10-8-14(9-11-15)12-21-19-17(18-20-21)16-6-4-3-5-7-16/h3-11,13H,12H2,1-2H3. The van der Waals surface area contributed by atoms with Gasteiger partial charge in [0.2, 0.25) is 5.82 Å². The molecule has 1 heterocycles. The molecule has 0 unspecified atom stereocenters. The van der Waals surface area contributed by atoms with Gasteiger partial charge in [-0.15, -0.1) is 10.2 Å². The van der Waals surface area contributed by atoms with Crippen LogP contribution >= 0.6 is 0 Å². The largest absolute Gasteiger partial charge is 0.204 e. The minimum atomic E-state index is 0.549. The highest BCUT2D eigenvalue weighted by molar-refractivity contribution is 5.52. The minimum absolute atomic E-state index is 0.549. The van der Waals surface area contributed by atoms with Gasteiger partial charge >= 0.3 is 0 Å². The van der Waals surface area contributed by atoms with Gasteiger partial charge in [-0.3, -0.25) is 0 Å². The van der Waals surface area contributed by atoms with Crippen molar-refractivity contribution in [2.24, 2.45) is 0 Å². The molecule has 0 atom stereocenters. The van der Waals surface area contributed by atoms with E-state index in [0.29, 0.717) is 18.3 Å². The van der Waals surface area contributed by atoms with Crippen LogP contribution in [-0.2, 0) is 6.54 Å². The summed E-state index contributed by atoms with van der Waals surface area (Å²) in [5.74, 6) is 1.21. The van der Waals surface area contributed by atoms with E-state index in [1.165, 1.54) is 11.1 Å². The van der Waals surface area contributed by atoms with E-state index in [-0.39, 0.29) is 0 Å². The zero-order valence-electron chi connectivity index (χ0n) is 12.3. The predicted octanol–water partition coefficient (Wildman–Crippen LogP) is 3.51. The van der Waals surface area contributed by atoms with Gasteiger partial charge in [0.05, 0.1) is 6.54 Å². The van der Waals surface area contributed by atoms with E-state index >= 15 is 0 Å². The van der Waals surface area contributed by atoms with Gasteiger partial charge < -0.3 is 0 Å². The van der Waals surface area contributed by atoms with E-state index in [9.17, 15) is 0 Å². The molecule has 0 N–H and O–H groups in total. The molecule has 2 aromatic carbocycles. The van der Waals surface area contributed by atoms with Crippen molar-refractivity contribution in [3.8, 4) is 11.4 Å². The van der Waals surface area contributed by atoms with Gasteiger partial charge in [-0.05, 0) is 22.3 Å². The summed E-state index contributed by atoms with van der Waals surface area (Å²) in [6.45, 7) is 5.03. The average molecular weight is 278 g/mol. The van der Waals surface area contributed by atoms with Gasteiger partial charge in [0.15, 0.2) is 0 Å². The maximum atomic E-state index is 4.43. The van der Waals surface area contributed by atoms with Crippen molar-refractivity contribution in [1.82, 2.24) is 20.2 Å². The Balaban J connectivity index is 1.75. The van der Waals surface area contributed by atoms with Crippen LogP contribution in [0.15, 0.2) is 54.6 Å². The predicted molar refractivity (Wildman–Crippen MR) is 82.9 cm³/mol. The topological polar surface area (TPSA) is 43.6 Å². The van der Waals surface area contributed by atoms with Crippen molar-refractivity contribution in [2.75, 3.05) is 0 Å². The molecule has 106 valence electrons. The molecule has 0 aliphatic heterocycles. The number of hydrogen-bond donors (Lipinski definition) is 0. The lowest BCUT2D eigenvalue weighted by atomic mass is 10.0. The van der Waals surface area contributed by atoms with Crippen LogP contribution < -0.4 is 0 Å². The third kappa shape index (κ3) is 3.16. The monoisotopic (exact) mass is 278 g/mol. The second-order valence-corrected chi connectivity index (χ2v) is 5.41. The summed E-state index contributed by atoms with van der Waals surface area (Å²) in [4.78, 5) is 1.63. The fraction of sp³-hybridized carbons (Fsp3) is 0.235. The van der Waals surface area contributed by atoms with Crippen molar-refractivity contribution >= 4 is 0 Å². The molecular weight excluding hydrogens is 260 g/mol. The SMILES string of the molecule is CC(C)c1ccc(Cn2nnc(-c3ccccc3)n2)cc1. The van der Waals surface area contributed by atoms with Crippen LogP contribution in [0.4, 0.5) is 0 Å². The molecule has 0 radical (unpaired) electrons. The molecule has 1 aromatic heterocycles. The zero-order chi connectivity index (χ0) is 14.7. The number of hydrogen-bond acceptors (Lipinski definition) is 3. The first-order chi connectivity index (χ1) is 10.2. The molecule has 0 aliphatic carbocycles. The van der Waals surface area contributed by atoms with E-state index in [1.807, 2.05) is 30.3 Å². The van der Waals surface area contributed by atoms with Crippen LogP contribution in [0.2, 0.25) is 0 Å². The molecular formula is C17H18N4. The maximum Gasteiger partial charge on any atom is 0.204 e. The smallest absolute Gasteiger partial charge is 0.159 e. The Morgan fingerprint density at radius 3 is 2.33 bits per heavy atom. The molecule has 0 saturated carbocycles. The number of tetrazole rings is 1. The molecule has 0 spiro atoms. The van der Waals surface area contributed by atoms with Crippen LogP contribution in [0, 0.1) is 0 Å². The van der Waals surface area contributed by atoms with Crippen LogP contribution in [0.1, 0.15) is 30.9 Å². The highest BCUT2D eigenvalue weighted by Gasteiger charge is 2.06.